The molecular formula is C19H30N4O4. The highest BCUT2D eigenvalue weighted by atomic mass is 16.5. The minimum Gasteiger partial charge on any atom is -0.392 e. The number of ether oxygens (including phenoxy) is 1. The summed E-state index contributed by atoms with van der Waals surface area (Å²) in [5, 5.41) is 10.3. The van der Waals surface area contributed by atoms with Gasteiger partial charge in [0, 0.05) is 37.2 Å². The van der Waals surface area contributed by atoms with Gasteiger partial charge in [0.1, 0.15) is 5.69 Å². The van der Waals surface area contributed by atoms with E-state index >= 15 is 0 Å². The zero-order valence-corrected chi connectivity index (χ0v) is 16.1. The van der Waals surface area contributed by atoms with Gasteiger partial charge in [-0.05, 0) is 31.2 Å². The van der Waals surface area contributed by atoms with Gasteiger partial charge in [0.2, 0.25) is 0 Å². The van der Waals surface area contributed by atoms with Crippen LogP contribution in [-0.2, 0) is 11.2 Å². The van der Waals surface area contributed by atoms with Crippen LogP contribution < -0.4 is 11.4 Å². The number of carbonyl (C=O) groups is 1. The molecule has 0 unspecified atom stereocenters. The number of nitrogens with two attached hydrogens (primary N) is 1. The van der Waals surface area contributed by atoms with Gasteiger partial charge >= 0.3 is 5.69 Å². The van der Waals surface area contributed by atoms with Crippen LogP contribution in [0.2, 0.25) is 0 Å². The quantitative estimate of drug-likeness (QED) is 0.654. The molecule has 150 valence electrons. The van der Waals surface area contributed by atoms with E-state index < -0.39 is 11.8 Å². The molecule has 0 radical (unpaired) electrons. The van der Waals surface area contributed by atoms with Crippen LogP contribution in [-0.4, -0.2) is 64.3 Å². The molecular weight excluding hydrogens is 348 g/mol. The van der Waals surface area contributed by atoms with Crippen LogP contribution in [0.5, 0.6) is 0 Å². The number of nitrogens with zero attached hydrogens (tertiary/aromatic N) is 2. The Morgan fingerprint density at radius 3 is 2.78 bits per heavy atom. The van der Waals surface area contributed by atoms with Crippen molar-refractivity contribution >= 4 is 5.91 Å². The minimum absolute atomic E-state index is 0.00337. The first-order chi connectivity index (χ1) is 12.9. The van der Waals surface area contributed by atoms with Gasteiger partial charge in [-0.15, -0.1) is 0 Å². The van der Waals surface area contributed by atoms with Crippen molar-refractivity contribution in [2.75, 3.05) is 26.2 Å². The second-order valence-corrected chi connectivity index (χ2v) is 8.12. The Kier molecular flexibility index (Phi) is 5.98. The first kappa shape index (κ1) is 20.0. The molecule has 8 nitrogen and oxygen atoms in total. The number of aliphatic hydroxyl groups is 1. The average molecular weight is 378 g/mol. The molecule has 1 aliphatic heterocycles. The Bertz CT molecular complexity index is 725. The smallest absolute Gasteiger partial charge is 0.345 e. The molecule has 2 atom stereocenters. The number of nitrogens with one attached hydrogen (secondary N) is 1. The van der Waals surface area contributed by atoms with Crippen molar-refractivity contribution in [3.05, 3.63) is 27.9 Å². The molecule has 1 saturated carbocycles. The molecule has 27 heavy (non-hydrogen) atoms. The van der Waals surface area contributed by atoms with Crippen LogP contribution in [0.1, 0.15) is 49.3 Å². The first-order valence-electron chi connectivity index (χ1n) is 9.75. The molecule has 4 N–H and O–H groups in total. The number of hydrogen-bond donors (Lipinski definition) is 3. The summed E-state index contributed by atoms with van der Waals surface area (Å²) in [7, 11) is 0. The fraction of sp³-hybridized carbons (Fsp3) is 0.737. The second-order valence-electron chi connectivity index (χ2n) is 8.12. The van der Waals surface area contributed by atoms with E-state index in [1.54, 1.807) is 11.0 Å². The largest absolute Gasteiger partial charge is 0.392 e. The Labute approximate surface area is 159 Å². The minimum atomic E-state index is -0.491. The highest BCUT2D eigenvalue weighted by Gasteiger charge is 2.56. The number of aromatic nitrogens is 2. The van der Waals surface area contributed by atoms with Gasteiger partial charge in [0.05, 0.1) is 18.8 Å². The third-order valence-corrected chi connectivity index (χ3v) is 5.81. The normalized spacial score (nSPS) is 24.3. The van der Waals surface area contributed by atoms with Crippen molar-refractivity contribution in [1.82, 2.24) is 14.9 Å². The van der Waals surface area contributed by atoms with Crippen LogP contribution in [0.4, 0.5) is 0 Å². The maximum absolute atomic E-state index is 12.8. The van der Waals surface area contributed by atoms with Crippen LogP contribution in [0.15, 0.2) is 10.9 Å². The summed E-state index contributed by atoms with van der Waals surface area (Å²) < 4.78 is 5.79. The van der Waals surface area contributed by atoms with E-state index in [1.165, 1.54) is 0 Å². The van der Waals surface area contributed by atoms with Gasteiger partial charge in [0.25, 0.3) is 5.91 Å². The number of H-pyrrole nitrogens is 1. The van der Waals surface area contributed by atoms with E-state index in [9.17, 15) is 14.7 Å². The molecule has 2 fully saturated rings. The van der Waals surface area contributed by atoms with E-state index in [0.29, 0.717) is 57.8 Å². The molecule has 0 bridgehead atoms. The zero-order valence-electron chi connectivity index (χ0n) is 16.1. The molecule has 2 heterocycles. The van der Waals surface area contributed by atoms with Crippen LogP contribution >= 0.6 is 0 Å². The van der Waals surface area contributed by atoms with E-state index in [-0.39, 0.29) is 23.1 Å². The number of likely N-dealkylation sites (tertiary alicyclic amines) is 1. The maximum Gasteiger partial charge on any atom is 0.345 e. The van der Waals surface area contributed by atoms with Crippen molar-refractivity contribution in [1.29, 1.82) is 0 Å². The third kappa shape index (κ3) is 4.07. The number of aliphatic hydroxyl groups excluding tert-OH is 1. The average Bonchev–Trinajstić information content (AvgIpc) is 2.63. The van der Waals surface area contributed by atoms with E-state index in [1.807, 2.05) is 0 Å². The van der Waals surface area contributed by atoms with Crippen molar-refractivity contribution in [3.8, 4) is 0 Å². The molecule has 0 aromatic carbocycles. The Morgan fingerprint density at radius 2 is 2.19 bits per heavy atom. The number of rotatable bonds is 6. The summed E-state index contributed by atoms with van der Waals surface area (Å²) in [4.78, 5) is 33.0. The molecule has 1 spiro atoms. The van der Waals surface area contributed by atoms with Gasteiger partial charge in [0.15, 0.2) is 0 Å². The highest BCUT2D eigenvalue weighted by Crippen LogP contribution is 2.51. The second kappa shape index (κ2) is 8.08. The standard InChI is InChI=1S/C19H30N4O4/c1-12(2)9-13-10-14(22-18(26)21-13)17(25)23-6-3-19(4-7-23)15(24)11-16(19)27-8-5-20/h10,12,15-16,24H,3-9,11,20H2,1-2H3,(H,21,22,26)/t15-,16+/m1/s1. The lowest BCUT2D eigenvalue weighted by atomic mass is 9.58. The summed E-state index contributed by atoms with van der Waals surface area (Å²) >= 11 is 0. The van der Waals surface area contributed by atoms with E-state index in [2.05, 4.69) is 23.8 Å². The monoisotopic (exact) mass is 378 g/mol. The molecule has 3 rings (SSSR count). The summed E-state index contributed by atoms with van der Waals surface area (Å²) in [6.45, 7) is 6.09. The summed E-state index contributed by atoms with van der Waals surface area (Å²) in [5.74, 6) is 0.139. The predicted molar refractivity (Wildman–Crippen MR) is 100 cm³/mol. The predicted octanol–water partition coefficient (Wildman–Crippen LogP) is 0.299. The van der Waals surface area contributed by atoms with E-state index in [0.717, 1.165) is 5.69 Å². The van der Waals surface area contributed by atoms with Crippen LogP contribution in [0, 0.1) is 11.3 Å². The van der Waals surface area contributed by atoms with Gasteiger partial charge in [-0.2, -0.15) is 4.98 Å². The lowest BCUT2D eigenvalue weighted by Crippen LogP contribution is -2.63. The third-order valence-electron chi connectivity index (χ3n) is 5.81. The molecule has 1 amide bonds. The molecule has 1 aromatic heterocycles. The first-order valence-corrected chi connectivity index (χ1v) is 9.75. The molecule has 2 aliphatic rings. The fourth-order valence-electron chi connectivity index (χ4n) is 4.28. The fourth-order valence-corrected chi connectivity index (χ4v) is 4.28. The van der Waals surface area contributed by atoms with Gasteiger partial charge in [-0.3, -0.25) is 4.79 Å². The van der Waals surface area contributed by atoms with Gasteiger partial charge in [-0.1, -0.05) is 13.8 Å². The van der Waals surface area contributed by atoms with Crippen LogP contribution in [0.3, 0.4) is 0 Å². The van der Waals surface area contributed by atoms with Gasteiger partial charge in [-0.25, -0.2) is 4.79 Å². The molecule has 1 aliphatic carbocycles. The lowest BCUT2D eigenvalue weighted by Gasteiger charge is -2.56. The van der Waals surface area contributed by atoms with Crippen molar-refractivity contribution < 1.29 is 14.6 Å². The van der Waals surface area contributed by atoms with Crippen molar-refractivity contribution in [2.24, 2.45) is 17.1 Å². The number of amides is 1. The van der Waals surface area contributed by atoms with Gasteiger partial charge < -0.3 is 25.5 Å². The summed E-state index contributed by atoms with van der Waals surface area (Å²) in [5.41, 5.74) is 5.66. The number of carbonyl (C=O) groups excluding carboxylic acids is 1. The van der Waals surface area contributed by atoms with E-state index in [4.69, 9.17) is 10.5 Å². The summed E-state index contributed by atoms with van der Waals surface area (Å²) in [6, 6.07) is 1.68. The molecule has 1 saturated heterocycles. The summed E-state index contributed by atoms with van der Waals surface area (Å²) in [6.07, 6.45) is 2.28. The topological polar surface area (TPSA) is 122 Å². The Hall–Kier alpha value is -1.77. The zero-order chi connectivity index (χ0) is 19.6. The lowest BCUT2D eigenvalue weighted by molar-refractivity contribution is -0.208. The van der Waals surface area contributed by atoms with Crippen molar-refractivity contribution in [2.45, 2.75) is 51.7 Å². The Morgan fingerprint density at radius 1 is 1.48 bits per heavy atom. The Balaban J connectivity index is 1.67. The maximum atomic E-state index is 12.8. The number of hydrogen-bond acceptors (Lipinski definition) is 6. The molecule has 1 aromatic rings. The number of aromatic amines is 1. The number of piperidine rings is 1. The SMILES string of the molecule is CC(C)Cc1cc(C(=O)N2CCC3(CC2)[C@H](O)C[C@@H]3OCCN)nc(=O)[nH]1. The van der Waals surface area contributed by atoms with Crippen molar-refractivity contribution in [3.63, 3.8) is 0 Å². The highest BCUT2D eigenvalue weighted by molar-refractivity contribution is 5.92. The molecule has 8 heteroatoms. The van der Waals surface area contributed by atoms with Crippen LogP contribution in [0.25, 0.3) is 0 Å².